The smallest absolute Gasteiger partial charge is 0.305 e. The van der Waals surface area contributed by atoms with Crippen LogP contribution in [0.3, 0.4) is 0 Å². The minimum Gasteiger partial charge on any atom is -0.465 e. The Morgan fingerprint density at radius 1 is 0.767 bits per heavy atom. The maximum absolute atomic E-state index is 11.7. The monoisotopic (exact) mass is 408 g/mol. The van der Waals surface area contributed by atoms with E-state index in [4.69, 9.17) is 4.74 Å². The van der Waals surface area contributed by atoms with Crippen molar-refractivity contribution in [1.29, 1.82) is 0 Å². The Morgan fingerprint density at radius 3 is 1.93 bits per heavy atom. The first-order valence-corrected chi connectivity index (χ1v) is 11.6. The van der Waals surface area contributed by atoms with Gasteiger partial charge < -0.3 is 4.74 Å². The summed E-state index contributed by atoms with van der Waals surface area (Å²) in [5, 5.41) is 0. The highest BCUT2D eigenvalue weighted by molar-refractivity contribution is 5.69. The Labute approximate surface area is 184 Å². The molecule has 0 bridgehead atoms. The van der Waals surface area contributed by atoms with Crippen LogP contribution in [0.25, 0.3) is 0 Å². The van der Waals surface area contributed by atoms with E-state index in [1.807, 2.05) is 18.2 Å². The van der Waals surface area contributed by atoms with Crippen molar-refractivity contribution in [3.63, 3.8) is 0 Å². The second-order valence-electron chi connectivity index (χ2n) is 7.44. The summed E-state index contributed by atoms with van der Waals surface area (Å²) in [5.41, 5.74) is 1.20. The van der Waals surface area contributed by atoms with Gasteiger partial charge >= 0.3 is 5.97 Å². The predicted octanol–water partition coefficient (Wildman–Crippen LogP) is 7.92. The lowest BCUT2D eigenvalue weighted by molar-refractivity contribution is -0.143. The average molecular weight is 409 g/mol. The summed E-state index contributed by atoms with van der Waals surface area (Å²) >= 11 is 0. The molecule has 0 radical (unpaired) electrons. The van der Waals surface area contributed by atoms with E-state index in [1.165, 1.54) is 31.2 Å². The third-order valence-electron chi connectivity index (χ3n) is 4.71. The highest BCUT2D eigenvalue weighted by Crippen LogP contribution is 2.04. The molecule has 1 aromatic carbocycles. The highest BCUT2D eigenvalue weighted by Gasteiger charge is 2.01. The molecule has 0 aliphatic rings. The van der Waals surface area contributed by atoms with Crippen molar-refractivity contribution in [2.24, 2.45) is 0 Å². The molecule has 0 saturated carbocycles. The molecule has 0 heterocycles. The van der Waals surface area contributed by atoms with Crippen LogP contribution >= 0.6 is 0 Å². The molecule has 164 valence electrons. The van der Waals surface area contributed by atoms with Crippen LogP contribution in [-0.2, 0) is 16.0 Å². The van der Waals surface area contributed by atoms with Crippen molar-refractivity contribution in [3.8, 4) is 0 Å². The summed E-state index contributed by atoms with van der Waals surface area (Å²) in [4.78, 5) is 11.7. The van der Waals surface area contributed by atoms with Crippen LogP contribution in [0.15, 0.2) is 78.9 Å². The lowest BCUT2D eigenvalue weighted by Crippen LogP contribution is -2.07. The minimum absolute atomic E-state index is 0.0955. The summed E-state index contributed by atoms with van der Waals surface area (Å²) in [6.45, 7) is 2.71. The summed E-state index contributed by atoms with van der Waals surface area (Å²) in [7, 11) is 0. The molecule has 30 heavy (non-hydrogen) atoms. The van der Waals surface area contributed by atoms with Gasteiger partial charge in [-0.05, 0) is 50.5 Å². The number of unbranched alkanes of at least 4 members (excludes halogenated alkanes) is 4. The van der Waals surface area contributed by atoms with E-state index in [1.54, 1.807) is 0 Å². The van der Waals surface area contributed by atoms with E-state index in [2.05, 4.69) is 67.7 Å². The Hall–Kier alpha value is -2.35. The molecule has 0 aliphatic carbocycles. The first kappa shape index (κ1) is 25.7. The molecule has 1 aromatic rings. The zero-order valence-electron chi connectivity index (χ0n) is 18.8. The van der Waals surface area contributed by atoms with Gasteiger partial charge in [0.15, 0.2) is 0 Å². The predicted molar refractivity (Wildman–Crippen MR) is 130 cm³/mol. The number of ether oxygens (including phenoxy) is 1. The summed E-state index contributed by atoms with van der Waals surface area (Å²) < 4.78 is 5.29. The third-order valence-corrected chi connectivity index (χ3v) is 4.71. The van der Waals surface area contributed by atoms with Crippen molar-refractivity contribution in [3.05, 3.63) is 84.5 Å². The Bertz CT molecular complexity index is 638. The standard InChI is InChI=1S/C28H40O2/c1-2-3-4-5-6-7-8-9-10-11-12-13-14-15-16-17-21-24-28(29)30-26-25-27-22-19-18-20-23-27/h6-7,9-10,12-13,15-16,18-20,22-23H,2-5,8,11,14,17,21,24-26H2,1H3/b7-6-,10-9-,13-12-,16-15-. The quantitative estimate of drug-likeness (QED) is 0.149. The van der Waals surface area contributed by atoms with Gasteiger partial charge in [-0.15, -0.1) is 0 Å². The van der Waals surface area contributed by atoms with Gasteiger partial charge in [0.2, 0.25) is 0 Å². The summed E-state index contributed by atoms with van der Waals surface area (Å²) in [5.74, 6) is -0.0955. The lowest BCUT2D eigenvalue weighted by Gasteiger charge is -2.04. The Kier molecular flexibility index (Phi) is 17.1. The van der Waals surface area contributed by atoms with Crippen LogP contribution in [-0.4, -0.2) is 12.6 Å². The van der Waals surface area contributed by atoms with Gasteiger partial charge in [0.05, 0.1) is 6.61 Å². The molecule has 0 saturated heterocycles. The van der Waals surface area contributed by atoms with Crippen LogP contribution in [0, 0.1) is 0 Å². The van der Waals surface area contributed by atoms with Gasteiger partial charge in [0, 0.05) is 12.8 Å². The highest BCUT2D eigenvalue weighted by atomic mass is 16.5. The molecule has 2 heteroatoms. The summed E-state index contributed by atoms with van der Waals surface area (Å²) in [6.07, 6.45) is 28.9. The summed E-state index contributed by atoms with van der Waals surface area (Å²) in [6, 6.07) is 10.1. The van der Waals surface area contributed by atoms with Gasteiger partial charge in [-0.25, -0.2) is 0 Å². The SMILES string of the molecule is CCCCC/C=C\C/C=C\C/C=C\C/C=C\CCCC(=O)OCCc1ccccc1. The van der Waals surface area contributed by atoms with Gasteiger partial charge in [-0.1, -0.05) is 98.7 Å². The largest absolute Gasteiger partial charge is 0.465 e. The molecule has 0 spiro atoms. The number of esters is 1. The van der Waals surface area contributed by atoms with Crippen LogP contribution < -0.4 is 0 Å². The molecule has 0 fully saturated rings. The van der Waals surface area contributed by atoms with Gasteiger partial charge in [0.1, 0.15) is 0 Å². The molecular formula is C28H40O2. The maximum Gasteiger partial charge on any atom is 0.305 e. The van der Waals surface area contributed by atoms with Crippen LogP contribution in [0.4, 0.5) is 0 Å². The van der Waals surface area contributed by atoms with Crippen molar-refractivity contribution in [1.82, 2.24) is 0 Å². The van der Waals surface area contributed by atoms with Gasteiger partial charge in [-0.3, -0.25) is 4.79 Å². The molecule has 0 aliphatic heterocycles. The van der Waals surface area contributed by atoms with Gasteiger partial charge in [0.25, 0.3) is 0 Å². The molecular weight excluding hydrogens is 368 g/mol. The maximum atomic E-state index is 11.7. The average Bonchev–Trinajstić information content (AvgIpc) is 2.76. The number of hydrogen-bond acceptors (Lipinski definition) is 2. The topological polar surface area (TPSA) is 26.3 Å². The van der Waals surface area contributed by atoms with Crippen molar-refractivity contribution in [2.75, 3.05) is 6.61 Å². The fraction of sp³-hybridized carbons (Fsp3) is 0.464. The first-order chi connectivity index (χ1) is 14.8. The number of allylic oxidation sites excluding steroid dienone is 8. The zero-order valence-corrected chi connectivity index (χ0v) is 18.8. The second-order valence-corrected chi connectivity index (χ2v) is 7.44. The van der Waals surface area contributed by atoms with Crippen molar-refractivity contribution < 1.29 is 9.53 Å². The van der Waals surface area contributed by atoms with E-state index in [0.29, 0.717) is 13.0 Å². The number of rotatable bonds is 17. The van der Waals surface area contributed by atoms with Crippen LogP contribution in [0.1, 0.15) is 76.7 Å². The van der Waals surface area contributed by atoms with E-state index in [9.17, 15) is 4.79 Å². The van der Waals surface area contributed by atoms with E-state index < -0.39 is 0 Å². The number of hydrogen-bond donors (Lipinski definition) is 0. The Morgan fingerprint density at radius 2 is 1.33 bits per heavy atom. The third kappa shape index (κ3) is 16.6. The zero-order chi connectivity index (χ0) is 21.5. The van der Waals surface area contributed by atoms with E-state index >= 15 is 0 Å². The van der Waals surface area contributed by atoms with Crippen LogP contribution in [0.2, 0.25) is 0 Å². The van der Waals surface area contributed by atoms with Gasteiger partial charge in [-0.2, -0.15) is 0 Å². The van der Waals surface area contributed by atoms with Crippen LogP contribution in [0.5, 0.6) is 0 Å². The molecule has 0 amide bonds. The molecule has 2 nitrogen and oxygen atoms in total. The fourth-order valence-electron chi connectivity index (χ4n) is 2.92. The Balaban J connectivity index is 1.92. The number of carbonyl (C=O) groups excluding carboxylic acids is 1. The second kappa shape index (κ2) is 19.9. The molecule has 1 rings (SSSR count). The molecule has 0 atom stereocenters. The molecule has 0 aromatic heterocycles. The fourth-order valence-corrected chi connectivity index (χ4v) is 2.92. The normalized spacial score (nSPS) is 12.0. The molecule has 0 N–H and O–H groups in total. The number of benzene rings is 1. The minimum atomic E-state index is -0.0955. The lowest BCUT2D eigenvalue weighted by atomic mass is 10.2. The van der Waals surface area contributed by atoms with E-state index in [0.717, 1.165) is 38.5 Å². The first-order valence-electron chi connectivity index (χ1n) is 11.6. The number of carbonyl (C=O) groups is 1. The van der Waals surface area contributed by atoms with Crippen molar-refractivity contribution in [2.45, 2.75) is 77.6 Å². The van der Waals surface area contributed by atoms with E-state index in [-0.39, 0.29) is 5.97 Å². The van der Waals surface area contributed by atoms with Crippen molar-refractivity contribution >= 4 is 5.97 Å². The molecule has 0 unspecified atom stereocenters.